The molecule has 4 nitrogen and oxygen atoms in total. The lowest BCUT2D eigenvalue weighted by molar-refractivity contribution is 0.0566. The van der Waals surface area contributed by atoms with Crippen LogP contribution in [0.15, 0.2) is 33.5 Å². The average molecular weight is 328 g/mol. The van der Waals surface area contributed by atoms with Gasteiger partial charge in [0, 0.05) is 49.7 Å². The second-order valence-corrected chi connectivity index (χ2v) is 7.19. The van der Waals surface area contributed by atoms with Gasteiger partial charge in [0.25, 0.3) is 0 Å². The smallest absolute Gasteiger partial charge is 0.336 e. The van der Waals surface area contributed by atoms with E-state index in [-0.39, 0.29) is 5.63 Å². The Kier molecular flexibility index (Phi) is 5.07. The number of fused-ring (bicyclic) bond motifs is 1. The lowest BCUT2D eigenvalue weighted by Gasteiger charge is -2.42. The maximum atomic E-state index is 11.9. The van der Waals surface area contributed by atoms with Crippen LogP contribution in [-0.4, -0.2) is 41.5 Å². The molecular formula is C20H28N2O2. The summed E-state index contributed by atoms with van der Waals surface area (Å²) in [7, 11) is 0. The molecule has 1 fully saturated rings. The predicted molar refractivity (Wildman–Crippen MR) is 98.4 cm³/mol. The van der Waals surface area contributed by atoms with E-state index in [0.717, 1.165) is 43.5 Å². The summed E-state index contributed by atoms with van der Waals surface area (Å²) in [6.07, 6.45) is 0.985. The molecule has 1 aliphatic heterocycles. The highest BCUT2D eigenvalue weighted by molar-refractivity contribution is 5.80. The third-order valence-electron chi connectivity index (χ3n) is 5.12. The van der Waals surface area contributed by atoms with Crippen LogP contribution in [0.4, 0.5) is 0 Å². The van der Waals surface area contributed by atoms with Gasteiger partial charge < -0.3 is 4.42 Å². The molecule has 0 radical (unpaired) electrons. The molecule has 0 saturated carbocycles. The van der Waals surface area contributed by atoms with Gasteiger partial charge >= 0.3 is 5.63 Å². The Morgan fingerprint density at radius 2 is 2.04 bits per heavy atom. The van der Waals surface area contributed by atoms with E-state index < -0.39 is 0 Å². The van der Waals surface area contributed by atoms with Gasteiger partial charge in [-0.1, -0.05) is 13.0 Å². The highest BCUT2D eigenvalue weighted by atomic mass is 16.4. The number of nitrogens with zero attached hydrogens (tertiary/aromatic N) is 2. The molecule has 1 aromatic carbocycles. The number of hydrogen-bond acceptors (Lipinski definition) is 4. The van der Waals surface area contributed by atoms with Crippen molar-refractivity contribution in [1.29, 1.82) is 0 Å². The van der Waals surface area contributed by atoms with Gasteiger partial charge in [-0.05, 0) is 50.5 Å². The SMILES string of the molecule is CCc1ccc2oc(=O)cc(CN3CCN(C(C)C)C(C)C3)c2c1. The molecule has 0 amide bonds. The summed E-state index contributed by atoms with van der Waals surface area (Å²) in [5, 5.41) is 1.08. The van der Waals surface area contributed by atoms with E-state index >= 15 is 0 Å². The zero-order valence-corrected chi connectivity index (χ0v) is 15.2. The second-order valence-electron chi connectivity index (χ2n) is 7.19. The largest absolute Gasteiger partial charge is 0.423 e. The number of benzene rings is 1. The van der Waals surface area contributed by atoms with Crippen molar-refractivity contribution < 1.29 is 4.42 Å². The normalized spacial score (nSPS) is 20.1. The first-order valence-electron chi connectivity index (χ1n) is 9.01. The minimum atomic E-state index is -0.254. The second kappa shape index (κ2) is 7.08. The Hall–Kier alpha value is -1.65. The van der Waals surface area contributed by atoms with Crippen LogP contribution in [0.25, 0.3) is 11.0 Å². The fourth-order valence-corrected chi connectivity index (χ4v) is 3.82. The van der Waals surface area contributed by atoms with E-state index in [4.69, 9.17) is 4.42 Å². The molecule has 1 atom stereocenters. The fraction of sp³-hybridized carbons (Fsp3) is 0.550. The van der Waals surface area contributed by atoms with Gasteiger partial charge in [0.2, 0.25) is 0 Å². The number of rotatable bonds is 4. The Morgan fingerprint density at radius 1 is 1.25 bits per heavy atom. The molecule has 1 aromatic heterocycles. The van der Waals surface area contributed by atoms with Crippen molar-refractivity contribution in [1.82, 2.24) is 9.80 Å². The lowest BCUT2D eigenvalue weighted by atomic mass is 10.0. The molecule has 0 aliphatic carbocycles. The van der Waals surface area contributed by atoms with Crippen LogP contribution in [0, 0.1) is 0 Å². The number of aryl methyl sites for hydroxylation is 1. The van der Waals surface area contributed by atoms with Gasteiger partial charge in [-0.2, -0.15) is 0 Å². The monoisotopic (exact) mass is 328 g/mol. The average Bonchev–Trinajstić information content (AvgIpc) is 2.54. The first-order valence-corrected chi connectivity index (χ1v) is 9.01. The van der Waals surface area contributed by atoms with E-state index in [2.05, 4.69) is 43.6 Å². The van der Waals surface area contributed by atoms with Crippen molar-refractivity contribution in [2.45, 2.75) is 52.7 Å². The van der Waals surface area contributed by atoms with Crippen LogP contribution >= 0.6 is 0 Å². The maximum Gasteiger partial charge on any atom is 0.336 e. The van der Waals surface area contributed by atoms with Gasteiger partial charge in [-0.15, -0.1) is 0 Å². The van der Waals surface area contributed by atoms with Gasteiger partial charge in [0.15, 0.2) is 0 Å². The third kappa shape index (κ3) is 3.55. The summed E-state index contributed by atoms with van der Waals surface area (Å²) in [5.74, 6) is 0. The molecule has 24 heavy (non-hydrogen) atoms. The molecule has 1 aliphatic rings. The van der Waals surface area contributed by atoms with Crippen LogP contribution in [0.2, 0.25) is 0 Å². The molecule has 2 heterocycles. The van der Waals surface area contributed by atoms with Gasteiger partial charge in [0.1, 0.15) is 5.58 Å². The molecule has 2 aromatic rings. The van der Waals surface area contributed by atoms with Crippen molar-refractivity contribution in [2.75, 3.05) is 19.6 Å². The molecule has 1 unspecified atom stereocenters. The fourth-order valence-electron chi connectivity index (χ4n) is 3.82. The molecule has 130 valence electrons. The van der Waals surface area contributed by atoms with Crippen LogP contribution in [-0.2, 0) is 13.0 Å². The highest BCUT2D eigenvalue weighted by Crippen LogP contribution is 2.22. The van der Waals surface area contributed by atoms with E-state index in [1.54, 1.807) is 6.07 Å². The summed E-state index contributed by atoms with van der Waals surface area (Å²) in [6, 6.07) is 8.93. The molecule has 0 spiro atoms. The van der Waals surface area contributed by atoms with E-state index in [1.807, 2.05) is 12.1 Å². The summed E-state index contributed by atoms with van der Waals surface area (Å²) in [6.45, 7) is 12.9. The lowest BCUT2D eigenvalue weighted by Crippen LogP contribution is -2.53. The summed E-state index contributed by atoms with van der Waals surface area (Å²) in [5.41, 5.74) is 2.80. The quantitative estimate of drug-likeness (QED) is 0.807. The van der Waals surface area contributed by atoms with E-state index in [0.29, 0.717) is 17.7 Å². The molecule has 1 saturated heterocycles. The third-order valence-corrected chi connectivity index (χ3v) is 5.12. The van der Waals surface area contributed by atoms with Crippen LogP contribution in [0.1, 0.15) is 38.8 Å². The van der Waals surface area contributed by atoms with E-state index in [1.165, 1.54) is 5.56 Å². The van der Waals surface area contributed by atoms with Crippen molar-refractivity contribution in [3.63, 3.8) is 0 Å². The van der Waals surface area contributed by atoms with Crippen LogP contribution in [0.5, 0.6) is 0 Å². The van der Waals surface area contributed by atoms with Crippen LogP contribution < -0.4 is 5.63 Å². The Labute approximate surface area is 144 Å². The highest BCUT2D eigenvalue weighted by Gasteiger charge is 2.25. The topological polar surface area (TPSA) is 36.7 Å². The maximum absolute atomic E-state index is 11.9. The summed E-state index contributed by atoms with van der Waals surface area (Å²) >= 11 is 0. The summed E-state index contributed by atoms with van der Waals surface area (Å²) in [4.78, 5) is 16.9. The molecular weight excluding hydrogens is 300 g/mol. The Bertz CT molecular complexity index is 766. The molecule has 0 N–H and O–H groups in total. The minimum Gasteiger partial charge on any atom is -0.423 e. The molecule has 3 rings (SSSR count). The number of piperazine rings is 1. The van der Waals surface area contributed by atoms with Crippen molar-refractivity contribution in [3.8, 4) is 0 Å². The molecule has 0 bridgehead atoms. The van der Waals surface area contributed by atoms with Crippen molar-refractivity contribution >= 4 is 11.0 Å². The zero-order chi connectivity index (χ0) is 17.3. The standard InChI is InChI=1S/C20H28N2O2/c1-5-16-6-7-19-18(10-16)17(11-20(23)24-19)13-21-8-9-22(14(2)3)15(4)12-21/h6-7,10-11,14-15H,5,8-9,12-13H2,1-4H3. The van der Waals surface area contributed by atoms with Gasteiger partial charge in [-0.3, -0.25) is 9.80 Å². The van der Waals surface area contributed by atoms with E-state index in [9.17, 15) is 4.79 Å². The van der Waals surface area contributed by atoms with Gasteiger partial charge in [-0.25, -0.2) is 4.79 Å². The summed E-state index contributed by atoms with van der Waals surface area (Å²) < 4.78 is 5.38. The molecule has 4 heteroatoms. The zero-order valence-electron chi connectivity index (χ0n) is 15.2. The predicted octanol–water partition coefficient (Wildman–Crippen LogP) is 3.27. The van der Waals surface area contributed by atoms with Crippen molar-refractivity contribution in [3.05, 3.63) is 45.8 Å². The number of hydrogen-bond donors (Lipinski definition) is 0. The first-order chi connectivity index (χ1) is 11.5. The van der Waals surface area contributed by atoms with Crippen molar-refractivity contribution in [2.24, 2.45) is 0 Å². The Balaban J connectivity index is 1.86. The first kappa shape index (κ1) is 17.2. The Morgan fingerprint density at radius 3 is 2.71 bits per heavy atom. The minimum absolute atomic E-state index is 0.254. The van der Waals surface area contributed by atoms with Crippen LogP contribution in [0.3, 0.4) is 0 Å². The van der Waals surface area contributed by atoms with Gasteiger partial charge in [0.05, 0.1) is 0 Å².